The number of rotatable bonds is 11. The molecule has 0 aromatic rings. The zero-order chi connectivity index (χ0) is 14.7. The molecular formula is C15H31NO4. The minimum Gasteiger partial charge on any atom is -0.394 e. The Labute approximate surface area is 123 Å². The largest absolute Gasteiger partial charge is 0.394 e. The smallest absolute Gasteiger partial charge is 0.0701 e. The van der Waals surface area contributed by atoms with Gasteiger partial charge in [0.15, 0.2) is 0 Å². The lowest BCUT2D eigenvalue weighted by molar-refractivity contribution is 0.0215. The maximum atomic E-state index is 9.65. The standard InChI is InChI=1S/C15H31NO4/c1-14-4-3-5-15(12-14,13-17)16-6-7-19-10-11-20-9-8-18-2/h14,16-17H,3-13H2,1-2H3. The van der Waals surface area contributed by atoms with E-state index in [0.29, 0.717) is 39.0 Å². The van der Waals surface area contributed by atoms with Crippen molar-refractivity contribution >= 4 is 0 Å². The average molecular weight is 289 g/mol. The summed E-state index contributed by atoms with van der Waals surface area (Å²) in [6.07, 6.45) is 4.60. The van der Waals surface area contributed by atoms with Crippen molar-refractivity contribution in [3.8, 4) is 0 Å². The molecule has 0 aliphatic heterocycles. The molecule has 5 nitrogen and oxygen atoms in total. The van der Waals surface area contributed by atoms with Crippen LogP contribution in [0.1, 0.15) is 32.6 Å². The van der Waals surface area contributed by atoms with E-state index in [-0.39, 0.29) is 12.1 Å². The zero-order valence-corrected chi connectivity index (χ0v) is 13.0. The molecule has 1 fully saturated rings. The molecule has 2 unspecified atom stereocenters. The molecule has 1 saturated carbocycles. The predicted molar refractivity (Wildman–Crippen MR) is 79.0 cm³/mol. The Morgan fingerprint density at radius 2 is 1.85 bits per heavy atom. The Bertz CT molecular complexity index is 240. The van der Waals surface area contributed by atoms with Crippen LogP contribution < -0.4 is 5.32 Å². The van der Waals surface area contributed by atoms with Crippen molar-refractivity contribution in [1.82, 2.24) is 5.32 Å². The third-order valence-electron chi connectivity index (χ3n) is 3.94. The van der Waals surface area contributed by atoms with E-state index in [4.69, 9.17) is 14.2 Å². The third-order valence-corrected chi connectivity index (χ3v) is 3.94. The highest BCUT2D eigenvalue weighted by Gasteiger charge is 2.33. The van der Waals surface area contributed by atoms with Gasteiger partial charge in [-0.25, -0.2) is 0 Å². The molecule has 0 aromatic heterocycles. The van der Waals surface area contributed by atoms with Crippen LogP contribution in [0.2, 0.25) is 0 Å². The topological polar surface area (TPSA) is 60.0 Å². The summed E-state index contributed by atoms with van der Waals surface area (Å²) in [5.74, 6) is 0.693. The van der Waals surface area contributed by atoms with Crippen LogP contribution in [-0.2, 0) is 14.2 Å². The molecule has 0 amide bonds. The minimum atomic E-state index is -0.0873. The Morgan fingerprint density at radius 1 is 1.15 bits per heavy atom. The highest BCUT2D eigenvalue weighted by molar-refractivity contribution is 4.92. The number of aliphatic hydroxyl groups is 1. The van der Waals surface area contributed by atoms with E-state index in [0.717, 1.165) is 19.4 Å². The molecule has 0 spiro atoms. The monoisotopic (exact) mass is 289 g/mol. The summed E-state index contributed by atoms with van der Waals surface area (Å²) in [5, 5.41) is 13.1. The maximum Gasteiger partial charge on any atom is 0.0701 e. The summed E-state index contributed by atoms with van der Waals surface area (Å²) >= 11 is 0. The van der Waals surface area contributed by atoms with Gasteiger partial charge in [-0.05, 0) is 18.8 Å². The summed E-state index contributed by atoms with van der Waals surface area (Å²) < 4.78 is 15.7. The van der Waals surface area contributed by atoms with Gasteiger partial charge in [-0.15, -0.1) is 0 Å². The first-order valence-corrected chi connectivity index (χ1v) is 7.73. The lowest BCUT2D eigenvalue weighted by atomic mass is 9.77. The van der Waals surface area contributed by atoms with Crippen molar-refractivity contribution in [3.05, 3.63) is 0 Å². The zero-order valence-electron chi connectivity index (χ0n) is 13.0. The Kier molecular flexibility index (Phi) is 9.39. The Balaban J connectivity index is 2.01. The number of aliphatic hydroxyl groups excluding tert-OH is 1. The van der Waals surface area contributed by atoms with E-state index in [1.165, 1.54) is 12.8 Å². The molecule has 1 aliphatic carbocycles. The molecule has 2 atom stereocenters. The van der Waals surface area contributed by atoms with Gasteiger partial charge < -0.3 is 24.6 Å². The van der Waals surface area contributed by atoms with E-state index in [1.54, 1.807) is 7.11 Å². The molecule has 0 heterocycles. The van der Waals surface area contributed by atoms with Gasteiger partial charge in [0.05, 0.1) is 39.6 Å². The number of nitrogens with one attached hydrogen (secondary N) is 1. The molecule has 20 heavy (non-hydrogen) atoms. The second-order valence-corrected chi connectivity index (χ2v) is 5.78. The van der Waals surface area contributed by atoms with Crippen LogP contribution in [0.5, 0.6) is 0 Å². The second kappa shape index (κ2) is 10.5. The molecule has 0 saturated heterocycles. The van der Waals surface area contributed by atoms with E-state index in [1.807, 2.05) is 0 Å². The Hall–Kier alpha value is -0.200. The first-order valence-electron chi connectivity index (χ1n) is 7.73. The summed E-state index contributed by atoms with van der Waals surface area (Å²) in [6, 6.07) is 0. The van der Waals surface area contributed by atoms with Crippen molar-refractivity contribution in [2.75, 3.05) is 53.3 Å². The predicted octanol–water partition coefficient (Wildman–Crippen LogP) is 1.20. The molecule has 1 rings (SSSR count). The molecule has 1 aliphatic rings. The van der Waals surface area contributed by atoms with Crippen LogP contribution in [0, 0.1) is 5.92 Å². The SMILES string of the molecule is COCCOCCOCCNC1(CO)CCCC(C)C1. The van der Waals surface area contributed by atoms with Gasteiger partial charge in [-0.3, -0.25) is 0 Å². The third kappa shape index (κ3) is 6.99. The van der Waals surface area contributed by atoms with Crippen LogP contribution in [0.15, 0.2) is 0 Å². The fourth-order valence-electron chi connectivity index (χ4n) is 2.87. The lowest BCUT2D eigenvalue weighted by Gasteiger charge is -2.39. The summed E-state index contributed by atoms with van der Waals surface area (Å²) in [7, 11) is 1.66. The first-order chi connectivity index (χ1) is 9.72. The quantitative estimate of drug-likeness (QED) is 0.560. The molecule has 0 aromatic carbocycles. The maximum absolute atomic E-state index is 9.65. The van der Waals surface area contributed by atoms with Crippen molar-refractivity contribution < 1.29 is 19.3 Å². The number of ether oxygens (including phenoxy) is 3. The van der Waals surface area contributed by atoms with Gasteiger partial charge in [-0.1, -0.05) is 19.8 Å². The van der Waals surface area contributed by atoms with Crippen LogP contribution in [0.4, 0.5) is 0 Å². The van der Waals surface area contributed by atoms with Crippen LogP contribution in [-0.4, -0.2) is 63.9 Å². The highest BCUT2D eigenvalue weighted by atomic mass is 16.5. The van der Waals surface area contributed by atoms with E-state index >= 15 is 0 Å². The summed E-state index contributed by atoms with van der Waals surface area (Å²) in [5.41, 5.74) is -0.0873. The fraction of sp³-hybridized carbons (Fsp3) is 1.00. The van der Waals surface area contributed by atoms with Crippen molar-refractivity contribution in [3.63, 3.8) is 0 Å². The number of methoxy groups -OCH3 is 1. The van der Waals surface area contributed by atoms with Crippen LogP contribution in [0.25, 0.3) is 0 Å². The van der Waals surface area contributed by atoms with Gasteiger partial charge in [0.25, 0.3) is 0 Å². The van der Waals surface area contributed by atoms with Crippen molar-refractivity contribution in [1.29, 1.82) is 0 Å². The molecule has 0 bridgehead atoms. The average Bonchev–Trinajstić information content (AvgIpc) is 2.45. The normalized spacial score (nSPS) is 26.9. The van der Waals surface area contributed by atoms with Crippen LogP contribution in [0.3, 0.4) is 0 Å². The van der Waals surface area contributed by atoms with Gasteiger partial charge in [0.2, 0.25) is 0 Å². The molecule has 2 N–H and O–H groups in total. The van der Waals surface area contributed by atoms with Crippen molar-refractivity contribution in [2.24, 2.45) is 5.92 Å². The summed E-state index contributed by atoms with van der Waals surface area (Å²) in [4.78, 5) is 0. The highest BCUT2D eigenvalue weighted by Crippen LogP contribution is 2.31. The molecular weight excluding hydrogens is 258 g/mol. The van der Waals surface area contributed by atoms with Crippen LogP contribution >= 0.6 is 0 Å². The number of hydrogen-bond acceptors (Lipinski definition) is 5. The van der Waals surface area contributed by atoms with E-state index in [9.17, 15) is 5.11 Å². The van der Waals surface area contributed by atoms with Gasteiger partial charge in [-0.2, -0.15) is 0 Å². The molecule has 120 valence electrons. The fourth-order valence-corrected chi connectivity index (χ4v) is 2.87. The lowest BCUT2D eigenvalue weighted by Crippen LogP contribution is -2.52. The minimum absolute atomic E-state index is 0.0873. The first kappa shape index (κ1) is 17.9. The summed E-state index contributed by atoms with van der Waals surface area (Å²) in [6.45, 7) is 6.37. The van der Waals surface area contributed by atoms with Gasteiger partial charge >= 0.3 is 0 Å². The molecule has 5 heteroatoms. The second-order valence-electron chi connectivity index (χ2n) is 5.78. The number of hydrogen-bond donors (Lipinski definition) is 2. The van der Waals surface area contributed by atoms with E-state index < -0.39 is 0 Å². The van der Waals surface area contributed by atoms with Crippen molar-refractivity contribution in [2.45, 2.75) is 38.1 Å². The molecule has 0 radical (unpaired) electrons. The van der Waals surface area contributed by atoms with E-state index in [2.05, 4.69) is 12.2 Å². The van der Waals surface area contributed by atoms with Gasteiger partial charge in [0.1, 0.15) is 0 Å². The van der Waals surface area contributed by atoms with Gasteiger partial charge in [0, 0.05) is 19.2 Å². The Morgan fingerprint density at radius 3 is 2.50 bits per heavy atom.